The van der Waals surface area contributed by atoms with Gasteiger partial charge in [0.25, 0.3) is 0 Å². The molecular formula is C21H24N2O. The molecule has 5 rings (SSSR count). The highest BCUT2D eigenvalue weighted by molar-refractivity contribution is 5.61. The molecule has 2 aromatic rings. The summed E-state index contributed by atoms with van der Waals surface area (Å²) in [7, 11) is 0. The van der Waals surface area contributed by atoms with E-state index in [4.69, 9.17) is 9.84 Å². The van der Waals surface area contributed by atoms with E-state index in [1.54, 1.807) is 5.57 Å². The van der Waals surface area contributed by atoms with Crippen LogP contribution >= 0.6 is 0 Å². The quantitative estimate of drug-likeness (QED) is 0.788. The van der Waals surface area contributed by atoms with Gasteiger partial charge in [-0.25, -0.2) is 4.68 Å². The van der Waals surface area contributed by atoms with Crippen molar-refractivity contribution in [2.24, 2.45) is 11.3 Å². The van der Waals surface area contributed by atoms with Gasteiger partial charge in [0.1, 0.15) is 0 Å². The molecule has 0 unspecified atom stereocenters. The molecule has 2 aliphatic carbocycles. The third-order valence-electron chi connectivity index (χ3n) is 6.38. The number of hydrogen-bond donors (Lipinski definition) is 0. The summed E-state index contributed by atoms with van der Waals surface area (Å²) >= 11 is 0. The lowest BCUT2D eigenvalue weighted by Crippen LogP contribution is -2.29. The summed E-state index contributed by atoms with van der Waals surface area (Å²) < 4.78 is 7.61. The zero-order valence-corrected chi connectivity index (χ0v) is 14.5. The first-order valence-electron chi connectivity index (χ1n) is 9.10. The molecule has 2 fully saturated rings. The molecule has 1 aliphatic heterocycles. The second-order valence-electron chi connectivity index (χ2n) is 7.99. The Morgan fingerprint density at radius 1 is 1.29 bits per heavy atom. The average molecular weight is 320 g/mol. The van der Waals surface area contributed by atoms with Crippen LogP contribution in [0.4, 0.5) is 0 Å². The fraction of sp³-hybridized carbons (Fsp3) is 0.476. The van der Waals surface area contributed by atoms with Crippen molar-refractivity contribution in [3.05, 3.63) is 52.9 Å². The van der Waals surface area contributed by atoms with Gasteiger partial charge in [0.2, 0.25) is 0 Å². The number of benzene rings is 1. The highest BCUT2D eigenvalue weighted by atomic mass is 16.6. The van der Waals surface area contributed by atoms with E-state index in [2.05, 4.69) is 55.1 Å². The monoisotopic (exact) mass is 320 g/mol. The summed E-state index contributed by atoms with van der Waals surface area (Å²) in [4.78, 5) is 0. The molecule has 24 heavy (non-hydrogen) atoms. The minimum absolute atomic E-state index is 0.306. The molecule has 3 heteroatoms. The lowest BCUT2D eigenvalue weighted by atomic mass is 9.68. The van der Waals surface area contributed by atoms with Crippen LogP contribution < -0.4 is 0 Å². The first kappa shape index (κ1) is 14.5. The first-order valence-corrected chi connectivity index (χ1v) is 9.10. The number of rotatable bonds is 3. The lowest BCUT2D eigenvalue weighted by Gasteiger charge is -2.35. The topological polar surface area (TPSA) is 30.4 Å². The Kier molecular flexibility index (Phi) is 3.05. The molecule has 3 nitrogen and oxygen atoms in total. The fourth-order valence-corrected chi connectivity index (χ4v) is 4.72. The third kappa shape index (κ3) is 2.18. The predicted octanol–water partition coefficient (Wildman–Crippen LogP) is 4.33. The highest BCUT2D eigenvalue weighted by Crippen LogP contribution is 2.55. The molecule has 0 radical (unpaired) electrons. The van der Waals surface area contributed by atoms with Crippen LogP contribution in [0.2, 0.25) is 0 Å². The summed E-state index contributed by atoms with van der Waals surface area (Å²) in [5, 5.41) is 4.70. The van der Waals surface area contributed by atoms with Crippen molar-refractivity contribution in [3.63, 3.8) is 0 Å². The van der Waals surface area contributed by atoms with Gasteiger partial charge in [-0.2, -0.15) is 5.10 Å². The van der Waals surface area contributed by atoms with Crippen LogP contribution in [-0.2, 0) is 11.2 Å². The van der Waals surface area contributed by atoms with E-state index in [-0.39, 0.29) is 0 Å². The number of nitrogens with zero attached hydrogens (tertiary/aromatic N) is 2. The predicted molar refractivity (Wildman–Crippen MR) is 95.2 cm³/mol. The van der Waals surface area contributed by atoms with E-state index in [0.717, 1.165) is 24.6 Å². The second-order valence-corrected chi connectivity index (χ2v) is 7.99. The smallest absolute Gasteiger partial charge is 0.0812 e. The largest absolute Gasteiger partial charge is 0.373 e. The van der Waals surface area contributed by atoms with Crippen LogP contribution in [0.15, 0.2) is 36.0 Å². The molecule has 1 aromatic carbocycles. The van der Waals surface area contributed by atoms with Gasteiger partial charge in [-0.15, -0.1) is 0 Å². The van der Waals surface area contributed by atoms with E-state index in [1.165, 1.54) is 36.1 Å². The normalized spacial score (nSPS) is 30.7. The number of allylic oxidation sites excluding steroid dienone is 1. The molecule has 1 saturated carbocycles. The number of fused-ring (bicyclic) bond motifs is 2. The van der Waals surface area contributed by atoms with Gasteiger partial charge >= 0.3 is 0 Å². The SMILES string of the molecule is Cc1ccc(-n2ncc3c2C=C2CC[C@H](C[C@@H]4CO4)[C@@]2(C)C3)cc1. The molecule has 0 spiro atoms. The van der Waals surface area contributed by atoms with Gasteiger partial charge in [-0.1, -0.05) is 30.2 Å². The van der Waals surface area contributed by atoms with E-state index in [0.29, 0.717) is 11.5 Å². The molecule has 2 heterocycles. The number of hydrogen-bond acceptors (Lipinski definition) is 2. The van der Waals surface area contributed by atoms with Crippen LogP contribution in [0.3, 0.4) is 0 Å². The van der Waals surface area contributed by atoms with Crippen LogP contribution in [0.25, 0.3) is 11.8 Å². The van der Waals surface area contributed by atoms with Gasteiger partial charge in [0.05, 0.1) is 30.3 Å². The molecule has 124 valence electrons. The molecule has 0 bridgehead atoms. The number of ether oxygens (including phenoxy) is 1. The van der Waals surface area contributed by atoms with Crippen molar-refractivity contribution in [1.82, 2.24) is 9.78 Å². The van der Waals surface area contributed by atoms with Gasteiger partial charge in [0, 0.05) is 0 Å². The minimum atomic E-state index is 0.306. The Labute approximate surface area is 143 Å². The van der Waals surface area contributed by atoms with Crippen molar-refractivity contribution in [2.45, 2.75) is 45.6 Å². The molecule has 0 N–H and O–H groups in total. The Hall–Kier alpha value is -1.87. The van der Waals surface area contributed by atoms with Crippen molar-refractivity contribution < 1.29 is 4.74 Å². The maximum Gasteiger partial charge on any atom is 0.0812 e. The summed E-state index contributed by atoms with van der Waals surface area (Å²) in [6.45, 7) is 5.56. The van der Waals surface area contributed by atoms with E-state index < -0.39 is 0 Å². The number of aromatic nitrogens is 2. The highest BCUT2D eigenvalue weighted by Gasteiger charge is 2.47. The fourth-order valence-electron chi connectivity index (χ4n) is 4.72. The van der Waals surface area contributed by atoms with Gasteiger partial charge in [-0.3, -0.25) is 0 Å². The second kappa shape index (κ2) is 5.06. The zero-order valence-electron chi connectivity index (χ0n) is 14.5. The average Bonchev–Trinajstić information content (AvgIpc) is 3.22. The molecule has 3 atom stereocenters. The molecule has 0 amide bonds. The summed E-state index contributed by atoms with van der Waals surface area (Å²) in [5.41, 5.74) is 7.05. The molecule has 1 saturated heterocycles. The maximum absolute atomic E-state index is 5.50. The van der Waals surface area contributed by atoms with Crippen LogP contribution in [0.5, 0.6) is 0 Å². The first-order chi connectivity index (χ1) is 11.6. The van der Waals surface area contributed by atoms with E-state index in [9.17, 15) is 0 Å². The van der Waals surface area contributed by atoms with Crippen molar-refractivity contribution >= 4 is 6.08 Å². The standard InChI is InChI=1S/C21H24N2O/c1-14-3-7-18(8-4-14)23-20-10-17-6-5-16(9-19-13-24-19)21(17,2)11-15(20)12-22-23/h3-4,7-8,10,12,16,19H,5-6,9,11,13H2,1-2H3/t16-,19-,21-/m1/s1. The van der Waals surface area contributed by atoms with Gasteiger partial charge in [-0.05, 0) is 67.7 Å². The van der Waals surface area contributed by atoms with Gasteiger partial charge < -0.3 is 4.74 Å². The number of epoxide rings is 1. The van der Waals surface area contributed by atoms with Crippen molar-refractivity contribution in [1.29, 1.82) is 0 Å². The minimum Gasteiger partial charge on any atom is -0.373 e. The van der Waals surface area contributed by atoms with E-state index >= 15 is 0 Å². The maximum atomic E-state index is 5.50. The molecular weight excluding hydrogens is 296 g/mol. The molecule has 1 aromatic heterocycles. The Morgan fingerprint density at radius 2 is 2.08 bits per heavy atom. The van der Waals surface area contributed by atoms with Gasteiger partial charge in [0.15, 0.2) is 0 Å². The Balaban J connectivity index is 1.52. The Bertz CT molecular complexity index is 813. The van der Waals surface area contributed by atoms with Crippen LogP contribution in [0, 0.1) is 18.3 Å². The van der Waals surface area contributed by atoms with Crippen LogP contribution in [0.1, 0.15) is 43.0 Å². The zero-order chi connectivity index (χ0) is 16.3. The summed E-state index contributed by atoms with van der Waals surface area (Å²) in [5.74, 6) is 0.757. The summed E-state index contributed by atoms with van der Waals surface area (Å²) in [6.07, 6.45) is 9.93. The number of aryl methyl sites for hydroxylation is 1. The summed E-state index contributed by atoms with van der Waals surface area (Å²) in [6, 6.07) is 8.64. The van der Waals surface area contributed by atoms with Crippen molar-refractivity contribution in [3.8, 4) is 5.69 Å². The van der Waals surface area contributed by atoms with Crippen LogP contribution in [-0.4, -0.2) is 22.5 Å². The Morgan fingerprint density at radius 3 is 2.83 bits per heavy atom. The third-order valence-corrected chi connectivity index (χ3v) is 6.38. The van der Waals surface area contributed by atoms with Crippen molar-refractivity contribution in [2.75, 3.05) is 6.61 Å². The lowest BCUT2D eigenvalue weighted by molar-refractivity contribution is 0.231. The molecule has 3 aliphatic rings. The van der Waals surface area contributed by atoms with E-state index in [1.807, 2.05) is 0 Å².